The summed E-state index contributed by atoms with van der Waals surface area (Å²) in [7, 11) is 0. The fraction of sp³-hybridized carbons (Fsp3) is 0.450. The lowest BCUT2D eigenvalue weighted by molar-refractivity contribution is 0.0700. The second-order valence-electron chi connectivity index (χ2n) is 12.3. The first-order valence-corrected chi connectivity index (χ1v) is 18.6. The molecule has 50 heavy (non-hydrogen) atoms. The number of nitrogens with zero attached hydrogens (tertiary/aromatic N) is 4. The number of unbranched alkanes of at least 4 members (excludes halogenated alkanes) is 1. The van der Waals surface area contributed by atoms with Crippen molar-refractivity contribution in [1.82, 2.24) is 15.1 Å². The average Bonchev–Trinajstić information content (AvgIpc) is 3.73. The molecule has 9 nitrogen and oxygen atoms in total. The Hall–Kier alpha value is -4.33. The van der Waals surface area contributed by atoms with E-state index in [9.17, 15) is 0 Å². The molecule has 2 aliphatic heterocycles. The van der Waals surface area contributed by atoms with Crippen LogP contribution in [-0.2, 0) is 10.5 Å². The largest absolute Gasteiger partial charge is 0.486 e. The molecule has 1 saturated heterocycles. The molecule has 10 heteroatoms. The van der Waals surface area contributed by atoms with Gasteiger partial charge in [-0.25, -0.2) is 9.97 Å². The first kappa shape index (κ1) is 38.5. The highest BCUT2D eigenvalue weighted by atomic mass is 32.2. The van der Waals surface area contributed by atoms with E-state index in [2.05, 4.69) is 58.8 Å². The van der Waals surface area contributed by atoms with Crippen molar-refractivity contribution < 1.29 is 18.7 Å². The van der Waals surface area contributed by atoms with Crippen LogP contribution in [0.1, 0.15) is 90.5 Å². The molecule has 3 aromatic rings. The first-order chi connectivity index (χ1) is 24.2. The topological polar surface area (TPSA) is 118 Å². The molecule has 2 unspecified atom stereocenters. The van der Waals surface area contributed by atoms with Gasteiger partial charge < -0.3 is 24.5 Å². The SMILES string of the molecule is CC=N/C(C)=C(C(/C#Cc1cncnc1)=C\CCC)\C(N)=C(/C)CC.Cc1noc(-c2ccc3c(c2)OCCO3)c1CSCC1CCC(C)O1. The molecule has 1 fully saturated rings. The van der Waals surface area contributed by atoms with Gasteiger partial charge in [-0.3, -0.25) is 4.99 Å². The Morgan fingerprint density at radius 2 is 1.86 bits per heavy atom. The van der Waals surface area contributed by atoms with Gasteiger partial charge in [-0.2, -0.15) is 11.8 Å². The molecular formula is C40H51N5O4S. The molecule has 2 aromatic heterocycles. The fourth-order valence-electron chi connectivity index (χ4n) is 5.47. The van der Waals surface area contributed by atoms with Gasteiger partial charge in [0.25, 0.3) is 0 Å². The van der Waals surface area contributed by atoms with Gasteiger partial charge in [0.1, 0.15) is 19.5 Å². The van der Waals surface area contributed by atoms with Crippen LogP contribution in [0.2, 0.25) is 0 Å². The first-order valence-electron chi connectivity index (χ1n) is 17.5. The van der Waals surface area contributed by atoms with E-state index < -0.39 is 0 Å². The van der Waals surface area contributed by atoms with Crippen LogP contribution in [0.15, 0.2) is 80.6 Å². The molecule has 0 amide bonds. The van der Waals surface area contributed by atoms with Crippen molar-refractivity contribution in [2.75, 3.05) is 19.0 Å². The maximum absolute atomic E-state index is 6.46. The monoisotopic (exact) mass is 697 g/mol. The van der Waals surface area contributed by atoms with Crippen molar-refractivity contribution in [3.63, 3.8) is 0 Å². The summed E-state index contributed by atoms with van der Waals surface area (Å²) in [6.45, 7) is 15.5. The van der Waals surface area contributed by atoms with Crippen LogP contribution < -0.4 is 15.2 Å². The number of benzene rings is 1. The minimum atomic E-state index is 0.373. The summed E-state index contributed by atoms with van der Waals surface area (Å²) in [6, 6.07) is 5.92. The van der Waals surface area contributed by atoms with E-state index >= 15 is 0 Å². The summed E-state index contributed by atoms with van der Waals surface area (Å²) >= 11 is 1.88. The van der Waals surface area contributed by atoms with Crippen molar-refractivity contribution in [2.45, 2.75) is 98.5 Å². The van der Waals surface area contributed by atoms with Gasteiger partial charge in [-0.05, 0) is 84.1 Å². The van der Waals surface area contributed by atoms with E-state index in [0.29, 0.717) is 25.4 Å². The summed E-state index contributed by atoms with van der Waals surface area (Å²) in [6.07, 6.45) is 14.8. The fourth-order valence-corrected chi connectivity index (χ4v) is 6.64. The molecule has 0 spiro atoms. The van der Waals surface area contributed by atoms with Gasteiger partial charge in [0.05, 0.1) is 23.5 Å². The molecule has 0 aliphatic carbocycles. The molecule has 0 radical (unpaired) electrons. The van der Waals surface area contributed by atoms with Crippen LogP contribution in [0, 0.1) is 18.8 Å². The van der Waals surface area contributed by atoms with Crippen LogP contribution in [0.4, 0.5) is 0 Å². The quantitative estimate of drug-likeness (QED) is 0.119. The van der Waals surface area contributed by atoms with E-state index in [0.717, 1.165) is 105 Å². The number of nitrogens with two attached hydrogens (primary N) is 1. The zero-order valence-corrected chi connectivity index (χ0v) is 31.4. The number of aryl methyl sites for hydroxylation is 1. The van der Waals surface area contributed by atoms with Crippen molar-refractivity contribution in [3.05, 3.63) is 87.9 Å². The molecule has 2 N–H and O–H groups in total. The number of hydrogen-bond acceptors (Lipinski definition) is 10. The predicted octanol–water partition coefficient (Wildman–Crippen LogP) is 8.78. The lowest BCUT2D eigenvalue weighted by Crippen LogP contribution is -2.15. The maximum atomic E-state index is 6.46. The standard InChI is InChI=1S/C21H28N4.C19H23NO4S/c1-6-9-10-19(12-11-18-13-23-15-24-14-18)20(17(5)25-8-3)21(22)16(4)7-2;1-12-3-5-15(23-12)10-25-11-16-13(2)20-24-19(16)14-4-6-17-18(9-14)22-8-7-21-17/h8,10,13-15H,6-7,9,22H2,1-5H3;4,6,9,12,15H,3,5,7-8,10-11H2,1-2H3/b19-10-,20-17-,21-16-,25-8?;. The summed E-state index contributed by atoms with van der Waals surface area (Å²) in [5, 5.41) is 4.18. The van der Waals surface area contributed by atoms with Crippen LogP contribution in [0.25, 0.3) is 11.3 Å². The lowest BCUT2D eigenvalue weighted by Gasteiger charge is -2.18. The van der Waals surface area contributed by atoms with E-state index in [1.165, 1.54) is 12.7 Å². The van der Waals surface area contributed by atoms with Gasteiger partial charge in [-0.15, -0.1) is 0 Å². The lowest BCUT2D eigenvalue weighted by atomic mass is 9.96. The molecule has 5 rings (SSSR count). The van der Waals surface area contributed by atoms with Crippen LogP contribution in [-0.4, -0.2) is 52.5 Å². The van der Waals surface area contributed by atoms with Gasteiger partial charge in [0.2, 0.25) is 0 Å². The number of thioether (sulfide) groups is 1. The van der Waals surface area contributed by atoms with Crippen LogP contribution >= 0.6 is 11.8 Å². The average molecular weight is 698 g/mol. The number of aromatic nitrogens is 3. The second kappa shape index (κ2) is 19.8. The number of fused-ring (bicyclic) bond motifs is 1. The molecular weight excluding hydrogens is 647 g/mol. The predicted molar refractivity (Wildman–Crippen MR) is 203 cm³/mol. The third-order valence-corrected chi connectivity index (χ3v) is 9.51. The minimum Gasteiger partial charge on any atom is -0.486 e. The normalized spacial score (nSPS) is 18.1. The zero-order valence-electron chi connectivity index (χ0n) is 30.5. The number of allylic oxidation sites excluding steroid dienone is 4. The smallest absolute Gasteiger partial charge is 0.171 e. The third kappa shape index (κ3) is 10.8. The van der Waals surface area contributed by atoms with E-state index in [1.54, 1.807) is 18.6 Å². The molecule has 0 bridgehead atoms. The number of rotatable bonds is 11. The minimum absolute atomic E-state index is 0.373. The Kier molecular flexibility index (Phi) is 15.2. The zero-order chi connectivity index (χ0) is 35.9. The van der Waals surface area contributed by atoms with Crippen molar-refractivity contribution >= 4 is 18.0 Å². The van der Waals surface area contributed by atoms with E-state index in [4.69, 9.17) is 24.5 Å². The maximum Gasteiger partial charge on any atom is 0.171 e. The Morgan fingerprint density at radius 1 is 1.10 bits per heavy atom. The number of hydrogen-bond donors (Lipinski definition) is 1. The van der Waals surface area contributed by atoms with Gasteiger partial charge in [0, 0.05) is 63.8 Å². The number of ether oxygens (including phenoxy) is 3. The highest BCUT2D eigenvalue weighted by Gasteiger charge is 2.23. The molecule has 1 aromatic carbocycles. The Bertz CT molecular complexity index is 1750. The summed E-state index contributed by atoms with van der Waals surface area (Å²) < 4.78 is 22.8. The second-order valence-corrected chi connectivity index (χ2v) is 13.3. The number of aliphatic imine (C=N–C) groups is 1. The molecule has 2 atom stereocenters. The van der Waals surface area contributed by atoms with Crippen molar-refractivity contribution in [3.8, 4) is 34.7 Å². The van der Waals surface area contributed by atoms with Crippen LogP contribution in [0.5, 0.6) is 11.5 Å². The molecule has 4 heterocycles. The highest BCUT2D eigenvalue weighted by molar-refractivity contribution is 7.98. The summed E-state index contributed by atoms with van der Waals surface area (Å²) in [4.78, 5) is 12.5. The van der Waals surface area contributed by atoms with E-state index in [1.807, 2.05) is 57.7 Å². The van der Waals surface area contributed by atoms with Crippen molar-refractivity contribution in [2.24, 2.45) is 10.7 Å². The highest BCUT2D eigenvalue weighted by Crippen LogP contribution is 2.37. The molecule has 0 saturated carbocycles. The Labute approximate surface area is 301 Å². The summed E-state index contributed by atoms with van der Waals surface area (Å²) in [5.74, 6) is 10.6. The van der Waals surface area contributed by atoms with Crippen molar-refractivity contribution in [1.29, 1.82) is 0 Å². The third-order valence-electron chi connectivity index (χ3n) is 8.41. The van der Waals surface area contributed by atoms with E-state index in [-0.39, 0.29) is 0 Å². The molecule has 266 valence electrons. The van der Waals surface area contributed by atoms with Gasteiger partial charge >= 0.3 is 0 Å². The van der Waals surface area contributed by atoms with Gasteiger partial charge in [0.15, 0.2) is 17.3 Å². The molecule has 2 aliphatic rings. The summed E-state index contributed by atoms with van der Waals surface area (Å²) in [5.41, 5.74) is 14.9. The van der Waals surface area contributed by atoms with Crippen LogP contribution in [0.3, 0.4) is 0 Å². The Balaban J connectivity index is 0.000000225. The Morgan fingerprint density at radius 3 is 2.54 bits per heavy atom. The van der Waals surface area contributed by atoms with Gasteiger partial charge in [-0.1, -0.05) is 43.3 Å².